The largest absolute Gasteiger partial charge is 0.340 e. The summed E-state index contributed by atoms with van der Waals surface area (Å²) < 4.78 is 0. The Balaban J connectivity index is 1.65. The number of hydrogen-bond acceptors (Lipinski definition) is 6. The van der Waals surface area contributed by atoms with Crippen LogP contribution in [0.4, 0.5) is 17.2 Å². The maximum Gasteiger partial charge on any atom is 0.287 e. The lowest BCUT2D eigenvalue weighted by molar-refractivity contribution is -0.385. The molecule has 3 rings (SSSR count). The van der Waals surface area contributed by atoms with Gasteiger partial charge in [-0.05, 0) is 23.8 Å². The molecule has 0 radical (unpaired) electrons. The van der Waals surface area contributed by atoms with E-state index >= 15 is 0 Å². The molecule has 1 aliphatic heterocycles. The van der Waals surface area contributed by atoms with E-state index in [1.165, 1.54) is 29.3 Å². The van der Waals surface area contributed by atoms with Gasteiger partial charge in [-0.25, -0.2) is 4.98 Å². The summed E-state index contributed by atoms with van der Waals surface area (Å²) in [4.78, 5) is 16.7. The van der Waals surface area contributed by atoms with E-state index in [1.807, 2.05) is 23.9 Å². The Hall–Kier alpha value is -2.12. The summed E-state index contributed by atoms with van der Waals surface area (Å²) in [6.45, 7) is 3.21. The Morgan fingerprint density at radius 3 is 2.78 bits per heavy atom. The molecule has 0 atom stereocenters. The van der Waals surface area contributed by atoms with Crippen LogP contribution in [-0.2, 0) is 6.54 Å². The van der Waals surface area contributed by atoms with Gasteiger partial charge in [0, 0.05) is 42.9 Å². The van der Waals surface area contributed by atoms with Crippen LogP contribution in [0.2, 0.25) is 0 Å². The van der Waals surface area contributed by atoms with Crippen LogP contribution >= 0.6 is 11.8 Å². The zero-order valence-electron chi connectivity index (χ0n) is 12.6. The highest BCUT2D eigenvalue weighted by Crippen LogP contribution is 2.20. The summed E-state index contributed by atoms with van der Waals surface area (Å²) in [5, 5.41) is 13.8. The van der Waals surface area contributed by atoms with E-state index in [4.69, 9.17) is 0 Å². The van der Waals surface area contributed by atoms with Gasteiger partial charge in [0.1, 0.15) is 12.0 Å². The molecular weight excluding hydrogens is 312 g/mol. The number of nitrogens with one attached hydrogen (secondary N) is 1. The number of hydrogen-bond donors (Lipinski definition) is 1. The summed E-state index contributed by atoms with van der Waals surface area (Å²) in [7, 11) is 0. The van der Waals surface area contributed by atoms with E-state index in [9.17, 15) is 10.1 Å². The smallest absolute Gasteiger partial charge is 0.287 e. The zero-order valence-corrected chi connectivity index (χ0v) is 13.5. The summed E-state index contributed by atoms with van der Waals surface area (Å²) >= 11 is 2.01. The van der Waals surface area contributed by atoms with Crippen LogP contribution in [0, 0.1) is 10.1 Å². The van der Waals surface area contributed by atoms with E-state index in [-0.39, 0.29) is 5.69 Å². The first-order valence-corrected chi connectivity index (χ1v) is 8.63. The second-order valence-corrected chi connectivity index (χ2v) is 6.60. The van der Waals surface area contributed by atoms with Crippen molar-refractivity contribution in [3.63, 3.8) is 0 Å². The van der Waals surface area contributed by atoms with E-state index in [1.54, 1.807) is 6.07 Å². The molecule has 0 amide bonds. The van der Waals surface area contributed by atoms with Gasteiger partial charge in [0.2, 0.25) is 0 Å². The second-order valence-electron chi connectivity index (χ2n) is 5.37. The van der Waals surface area contributed by atoms with Crippen LogP contribution in [0.25, 0.3) is 0 Å². The van der Waals surface area contributed by atoms with Crippen LogP contribution in [0.15, 0.2) is 42.6 Å². The highest BCUT2D eigenvalue weighted by molar-refractivity contribution is 7.99. The molecule has 1 saturated heterocycles. The average molecular weight is 330 g/mol. The average Bonchev–Trinajstić information content (AvgIpc) is 2.57. The maximum absolute atomic E-state index is 10.6. The Bertz CT molecular complexity index is 672. The normalized spacial score (nSPS) is 15.3. The maximum atomic E-state index is 10.6. The van der Waals surface area contributed by atoms with Gasteiger partial charge in [-0.15, -0.1) is 0 Å². The van der Waals surface area contributed by atoms with Crippen molar-refractivity contribution < 1.29 is 4.92 Å². The highest BCUT2D eigenvalue weighted by Gasteiger charge is 2.11. The quantitative estimate of drug-likeness (QED) is 0.670. The Morgan fingerprint density at radius 1 is 1.26 bits per heavy atom. The van der Waals surface area contributed by atoms with Gasteiger partial charge < -0.3 is 5.32 Å². The van der Waals surface area contributed by atoms with Crippen LogP contribution in [0.5, 0.6) is 0 Å². The molecule has 2 aromatic rings. The predicted molar refractivity (Wildman–Crippen MR) is 93.2 cm³/mol. The first-order valence-electron chi connectivity index (χ1n) is 7.47. The van der Waals surface area contributed by atoms with E-state index in [0.29, 0.717) is 5.82 Å². The Labute approximate surface area is 139 Å². The minimum absolute atomic E-state index is 0.00716. The third-order valence-corrected chi connectivity index (χ3v) is 4.61. The van der Waals surface area contributed by atoms with Crippen LogP contribution in [0.1, 0.15) is 5.56 Å². The molecular formula is C16H18N4O2S. The van der Waals surface area contributed by atoms with Gasteiger partial charge in [-0.3, -0.25) is 15.0 Å². The first kappa shape index (κ1) is 15.8. The number of nitro groups is 1. The Morgan fingerprint density at radius 2 is 2.09 bits per heavy atom. The van der Waals surface area contributed by atoms with Crippen LogP contribution in [0.3, 0.4) is 0 Å². The number of rotatable bonds is 5. The fourth-order valence-electron chi connectivity index (χ4n) is 2.48. The molecule has 1 N–H and O–H groups in total. The molecule has 1 aromatic heterocycles. The molecule has 0 aliphatic carbocycles. The van der Waals surface area contributed by atoms with Crippen molar-refractivity contribution in [2.45, 2.75) is 6.54 Å². The summed E-state index contributed by atoms with van der Waals surface area (Å²) in [5.41, 5.74) is 2.19. The van der Waals surface area contributed by atoms with E-state index in [0.717, 1.165) is 25.3 Å². The van der Waals surface area contributed by atoms with Crippen molar-refractivity contribution >= 4 is 29.0 Å². The number of aromatic nitrogens is 1. The van der Waals surface area contributed by atoms with Gasteiger partial charge in [0.05, 0.1) is 4.92 Å². The van der Waals surface area contributed by atoms with Crippen LogP contribution < -0.4 is 5.32 Å². The number of pyridine rings is 1. The lowest BCUT2D eigenvalue weighted by Crippen LogP contribution is -2.31. The molecule has 2 heterocycles. The fraction of sp³-hybridized carbons (Fsp3) is 0.312. The number of thioether (sulfide) groups is 1. The minimum atomic E-state index is -0.450. The van der Waals surface area contributed by atoms with E-state index in [2.05, 4.69) is 27.3 Å². The number of nitrogens with zero attached hydrogens (tertiary/aromatic N) is 3. The molecule has 0 spiro atoms. The molecule has 0 unspecified atom stereocenters. The van der Waals surface area contributed by atoms with Crippen LogP contribution in [-0.4, -0.2) is 39.4 Å². The first-order chi connectivity index (χ1) is 11.2. The van der Waals surface area contributed by atoms with Gasteiger partial charge in [0.25, 0.3) is 5.69 Å². The van der Waals surface area contributed by atoms with Gasteiger partial charge in [-0.1, -0.05) is 12.1 Å². The van der Waals surface area contributed by atoms with Gasteiger partial charge in [0.15, 0.2) is 0 Å². The molecule has 0 bridgehead atoms. The standard InChI is InChI=1S/C16H18N4O2S/c21-20(22)15-4-5-16(17-11-15)18-14-3-1-2-13(10-14)12-19-6-8-23-9-7-19/h1-5,10-11H,6-9,12H2,(H,17,18). The summed E-state index contributed by atoms with van der Waals surface area (Å²) in [6.07, 6.45) is 1.26. The summed E-state index contributed by atoms with van der Waals surface area (Å²) in [5.74, 6) is 3.00. The van der Waals surface area contributed by atoms with Crippen molar-refractivity contribution in [2.75, 3.05) is 29.9 Å². The Kier molecular flexibility index (Phi) is 5.09. The lowest BCUT2D eigenvalue weighted by atomic mass is 10.2. The molecule has 23 heavy (non-hydrogen) atoms. The van der Waals surface area contributed by atoms with E-state index < -0.39 is 4.92 Å². The zero-order chi connectivity index (χ0) is 16.1. The summed E-state index contributed by atoms with van der Waals surface area (Å²) in [6, 6.07) is 11.3. The molecule has 1 aromatic carbocycles. The van der Waals surface area contributed by atoms with Crippen molar-refractivity contribution in [2.24, 2.45) is 0 Å². The molecule has 6 nitrogen and oxygen atoms in total. The topological polar surface area (TPSA) is 71.3 Å². The van der Waals surface area contributed by atoms with Crippen molar-refractivity contribution in [3.8, 4) is 0 Å². The second kappa shape index (κ2) is 7.43. The monoisotopic (exact) mass is 330 g/mol. The fourth-order valence-corrected chi connectivity index (χ4v) is 3.46. The molecule has 0 saturated carbocycles. The number of anilines is 2. The molecule has 120 valence electrons. The van der Waals surface area contributed by atoms with Gasteiger partial charge in [-0.2, -0.15) is 11.8 Å². The third kappa shape index (κ3) is 4.43. The lowest BCUT2D eigenvalue weighted by Gasteiger charge is -2.26. The third-order valence-electron chi connectivity index (χ3n) is 3.67. The van der Waals surface area contributed by atoms with Crippen molar-refractivity contribution in [1.82, 2.24) is 9.88 Å². The molecule has 7 heteroatoms. The number of benzene rings is 1. The van der Waals surface area contributed by atoms with Crippen molar-refractivity contribution in [1.29, 1.82) is 0 Å². The molecule has 1 aliphatic rings. The SMILES string of the molecule is O=[N+]([O-])c1ccc(Nc2cccc(CN3CCSCC3)c2)nc1. The predicted octanol–water partition coefficient (Wildman–Crippen LogP) is 3.28. The van der Waals surface area contributed by atoms with Crippen molar-refractivity contribution in [3.05, 3.63) is 58.3 Å². The minimum Gasteiger partial charge on any atom is -0.340 e. The van der Waals surface area contributed by atoms with Gasteiger partial charge >= 0.3 is 0 Å². The molecule has 1 fully saturated rings. The highest BCUT2D eigenvalue weighted by atomic mass is 32.2.